The van der Waals surface area contributed by atoms with E-state index in [0.717, 1.165) is 11.1 Å². The number of nitro benzene ring substituents is 1. The quantitative estimate of drug-likeness (QED) is 0.220. The van der Waals surface area contributed by atoms with Crippen molar-refractivity contribution in [1.29, 1.82) is 0 Å². The fraction of sp³-hybridized carbons (Fsp3) is 0.0556. The second kappa shape index (κ2) is 8.09. The molecule has 0 saturated carbocycles. The van der Waals surface area contributed by atoms with Crippen LogP contribution in [0.5, 0.6) is 0 Å². The molecule has 0 atom stereocenters. The number of terminal acetylenes is 1. The third kappa shape index (κ3) is 3.96. The monoisotopic (exact) mass is 363 g/mol. The summed E-state index contributed by atoms with van der Waals surface area (Å²) in [4.78, 5) is 10.3. The largest absolute Gasteiger partial charge is 0.269 e. The lowest BCUT2D eigenvalue weighted by Crippen LogP contribution is -1.97. The number of non-ortho nitro benzene ring substituents is 1. The molecule has 0 aliphatic heterocycles. The summed E-state index contributed by atoms with van der Waals surface area (Å²) < 4.78 is 1.61. The van der Waals surface area contributed by atoms with Crippen LogP contribution in [0.25, 0.3) is 11.4 Å². The van der Waals surface area contributed by atoms with Gasteiger partial charge in [-0.2, -0.15) is 9.78 Å². The van der Waals surface area contributed by atoms with E-state index < -0.39 is 4.92 Å². The lowest BCUT2D eigenvalue weighted by molar-refractivity contribution is -0.384. The molecule has 3 aromatic rings. The molecule has 0 unspecified atom stereocenters. The number of hydrogen-bond donors (Lipinski definition) is 0. The maximum atomic E-state index is 10.7. The van der Waals surface area contributed by atoms with Crippen molar-refractivity contribution in [3.63, 3.8) is 0 Å². The predicted molar refractivity (Wildman–Crippen MR) is 101 cm³/mol. The average Bonchev–Trinajstić information content (AvgIpc) is 3.08. The second-order valence-corrected chi connectivity index (χ2v) is 6.01. The normalized spacial score (nSPS) is 10.7. The molecule has 0 fully saturated rings. The molecule has 0 saturated heterocycles. The highest BCUT2D eigenvalue weighted by Crippen LogP contribution is 2.23. The summed E-state index contributed by atoms with van der Waals surface area (Å²) in [6.07, 6.45) is 6.92. The zero-order valence-corrected chi connectivity index (χ0v) is 14.3. The summed E-state index contributed by atoms with van der Waals surface area (Å²) in [6, 6.07) is 15.7. The summed E-state index contributed by atoms with van der Waals surface area (Å²) in [5, 5.41) is 24.1. The Balaban J connectivity index is 1.95. The smallest absolute Gasteiger partial charge is 0.258 e. The zero-order valence-electron chi connectivity index (χ0n) is 13.5. The Morgan fingerprint density at radius 1 is 1.19 bits per heavy atom. The van der Waals surface area contributed by atoms with Crippen molar-refractivity contribution < 1.29 is 4.92 Å². The van der Waals surface area contributed by atoms with E-state index in [1.807, 2.05) is 30.3 Å². The Morgan fingerprint density at radius 2 is 1.92 bits per heavy atom. The molecule has 0 amide bonds. The summed E-state index contributed by atoms with van der Waals surface area (Å²) >= 11 is 1.35. The second-order valence-electron chi connectivity index (χ2n) is 5.07. The van der Waals surface area contributed by atoms with Crippen LogP contribution in [0.4, 0.5) is 5.69 Å². The molecule has 3 rings (SSSR count). The minimum Gasteiger partial charge on any atom is -0.258 e. The molecule has 0 aliphatic rings. The number of aromatic nitrogens is 3. The predicted octanol–water partition coefficient (Wildman–Crippen LogP) is 3.46. The highest BCUT2D eigenvalue weighted by Gasteiger charge is 2.13. The molecule has 128 valence electrons. The van der Waals surface area contributed by atoms with Crippen molar-refractivity contribution in [2.24, 2.45) is 5.10 Å². The Morgan fingerprint density at radius 3 is 2.58 bits per heavy atom. The fourth-order valence-electron chi connectivity index (χ4n) is 2.14. The third-order valence-electron chi connectivity index (χ3n) is 3.35. The van der Waals surface area contributed by atoms with E-state index in [0.29, 0.717) is 16.7 Å². The van der Waals surface area contributed by atoms with Gasteiger partial charge in [0.15, 0.2) is 5.82 Å². The van der Waals surface area contributed by atoms with Crippen LogP contribution in [0.3, 0.4) is 0 Å². The number of rotatable bonds is 6. The maximum Gasteiger partial charge on any atom is 0.269 e. The van der Waals surface area contributed by atoms with E-state index in [1.54, 1.807) is 23.0 Å². The van der Waals surface area contributed by atoms with Crippen LogP contribution < -0.4 is 0 Å². The van der Waals surface area contributed by atoms with Crippen molar-refractivity contribution in [3.05, 3.63) is 70.3 Å². The van der Waals surface area contributed by atoms with Gasteiger partial charge in [-0.05, 0) is 17.7 Å². The van der Waals surface area contributed by atoms with Crippen LogP contribution in [0, 0.1) is 22.5 Å². The molecule has 1 aromatic heterocycles. The zero-order chi connectivity index (χ0) is 18.4. The van der Waals surface area contributed by atoms with Gasteiger partial charge in [0.25, 0.3) is 5.69 Å². The molecule has 0 radical (unpaired) electrons. The third-order valence-corrected chi connectivity index (χ3v) is 4.18. The lowest BCUT2D eigenvalue weighted by atomic mass is 10.2. The van der Waals surface area contributed by atoms with E-state index in [1.165, 1.54) is 23.9 Å². The highest BCUT2D eigenvalue weighted by atomic mass is 32.2. The number of benzene rings is 2. The molecule has 0 aliphatic carbocycles. The van der Waals surface area contributed by atoms with Crippen LogP contribution >= 0.6 is 11.8 Å². The number of hydrogen-bond acceptors (Lipinski definition) is 6. The van der Waals surface area contributed by atoms with Crippen LogP contribution in [0.15, 0.2) is 64.9 Å². The van der Waals surface area contributed by atoms with Crippen molar-refractivity contribution in [2.75, 3.05) is 5.75 Å². The van der Waals surface area contributed by atoms with Crippen molar-refractivity contribution in [2.45, 2.75) is 5.16 Å². The van der Waals surface area contributed by atoms with E-state index in [2.05, 4.69) is 21.2 Å². The maximum absolute atomic E-state index is 10.7. The lowest BCUT2D eigenvalue weighted by Gasteiger charge is -2.03. The van der Waals surface area contributed by atoms with Crippen LogP contribution in [0.2, 0.25) is 0 Å². The van der Waals surface area contributed by atoms with Crippen molar-refractivity contribution in [3.8, 4) is 23.7 Å². The van der Waals surface area contributed by atoms with Gasteiger partial charge in [-0.25, -0.2) is 0 Å². The van der Waals surface area contributed by atoms with E-state index in [4.69, 9.17) is 6.42 Å². The first-order valence-corrected chi connectivity index (χ1v) is 8.53. The van der Waals surface area contributed by atoms with Crippen molar-refractivity contribution >= 4 is 23.7 Å². The first-order chi connectivity index (χ1) is 12.7. The SMILES string of the molecule is C#CCSc1nnc(-c2ccccc2)n1N=Cc1ccc([N+](=O)[O-])cc1. The number of nitrogens with zero attached hydrogens (tertiary/aromatic N) is 5. The van der Waals surface area contributed by atoms with Gasteiger partial charge in [-0.1, -0.05) is 48.0 Å². The van der Waals surface area contributed by atoms with Crippen molar-refractivity contribution in [1.82, 2.24) is 14.9 Å². The topological polar surface area (TPSA) is 86.2 Å². The summed E-state index contributed by atoms with van der Waals surface area (Å²) in [6.45, 7) is 0. The first kappa shape index (κ1) is 17.4. The molecule has 2 aromatic carbocycles. The number of nitro groups is 1. The molecular weight excluding hydrogens is 350 g/mol. The van der Waals surface area contributed by atoms with Crippen LogP contribution in [-0.2, 0) is 0 Å². The minimum atomic E-state index is -0.442. The van der Waals surface area contributed by atoms with E-state index in [9.17, 15) is 10.1 Å². The standard InChI is InChI=1S/C18H13N5O2S/c1-2-12-26-18-21-20-17(15-6-4-3-5-7-15)22(18)19-13-14-8-10-16(11-9-14)23(24)25/h1,3-11,13H,12H2. The Bertz CT molecular complexity index is 975. The highest BCUT2D eigenvalue weighted by molar-refractivity contribution is 7.99. The molecular formula is C18H13N5O2S. The summed E-state index contributed by atoms with van der Waals surface area (Å²) in [7, 11) is 0. The van der Waals surface area contributed by atoms with E-state index >= 15 is 0 Å². The average molecular weight is 363 g/mol. The molecule has 26 heavy (non-hydrogen) atoms. The summed E-state index contributed by atoms with van der Waals surface area (Å²) in [5.41, 5.74) is 1.62. The van der Waals surface area contributed by atoms with Gasteiger partial charge in [-0.15, -0.1) is 16.6 Å². The number of thioether (sulfide) groups is 1. The molecule has 1 heterocycles. The fourth-order valence-corrected chi connectivity index (χ4v) is 2.71. The van der Waals surface area contributed by atoms with Gasteiger partial charge in [0.05, 0.1) is 16.9 Å². The Labute approximate surface area is 153 Å². The molecule has 7 nitrogen and oxygen atoms in total. The molecule has 0 spiro atoms. The molecule has 0 N–H and O–H groups in total. The first-order valence-electron chi connectivity index (χ1n) is 7.55. The van der Waals surface area contributed by atoms with Gasteiger partial charge in [-0.3, -0.25) is 10.1 Å². The Kier molecular flexibility index (Phi) is 5.41. The molecule has 8 heteroatoms. The van der Waals surface area contributed by atoms with E-state index in [-0.39, 0.29) is 5.69 Å². The Hall–Kier alpha value is -3.44. The van der Waals surface area contributed by atoms with Gasteiger partial charge >= 0.3 is 0 Å². The minimum absolute atomic E-state index is 0.0293. The van der Waals surface area contributed by atoms with Crippen LogP contribution in [0.1, 0.15) is 5.56 Å². The van der Waals surface area contributed by atoms with Gasteiger partial charge < -0.3 is 0 Å². The van der Waals surface area contributed by atoms with Crippen LogP contribution in [-0.4, -0.2) is 31.8 Å². The van der Waals surface area contributed by atoms with Gasteiger partial charge in [0.1, 0.15) is 0 Å². The van der Waals surface area contributed by atoms with Gasteiger partial charge in [0.2, 0.25) is 5.16 Å². The summed E-state index contributed by atoms with van der Waals surface area (Å²) in [5.74, 6) is 3.58. The molecule has 0 bridgehead atoms. The van der Waals surface area contributed by atoms with Gasteiger partial charge in [0, 0.05) is 17.7 Å².